The zero-order valence-electron chi connectivity index (χ0n) is 16.0. The van der Waals surface area contributed by atoms with Crippen LogP contribution in [0.15, 0.2) is 6.33 Å². The number of nitrogens with zero attached hydrogens (tertiary/aromatic N) is 5. The Kier molecular flexibility index (Phi) is 5.07. The lowest BCUT2D eigenvalue weighted by Crippen LogP contribution is -2.40. The second-order valence-corrected chi connectivity index (χ2v) is 7.20. The zero-order chi connectivity index (χ0) is 18.8. The lowest BCUT2D eigenvalue weighted by Gasteiger charge is -2.33. The summed E-state index contributed by atoms with van der Waals surface area (Å²) in [6, 6.07) is 0. The molecule has 0 aliphatic carbocycles. The first-order chi connectivity index (χ1) is 13.1. The summed E-state index contributed by atoms with van der Waals surface area (Å²) in [6.45, 7) is 8.44. The number of nitrogens with one attached hydrogen (secondary N) is 1. The van der Waals surface area contributed by atoms with Crippen LogP contribution in [0.3, 0.4) is 0 Å². The highest BCUT2D eigenvalue weighted by molar-refractivity contribution is 5.77. The summed E-state index contributed by atoms with van der Waals surface area (Å²) < 4.78 is 5.44. The van der Waals surface area contributed by atoms with Crippen molar-refractivity contribution in [2.24, 2.45) is 0 Å². The molecule has 1 saturated heterocycles. The molecule has 1 amide bonds. The SMILES string of the molecule is Cc1n[nH]c(C)c1CCC(=O)N1CCc2c(ncnc2N2CCOCC2)C1. The number of rotatable bonds is 4. The number of ether oxygens (including phenoxy) is 1. The smallest absolute Gasteiger partial charge is 0.223 e. The van der Waals surface area contributed by atoms with E-state index in [0.717, 1.165) is 74.2 Å². The van der Waals surface area contributed by atoms with Crippen LogP contribution in [0, 0.1) is 13.8 Å². The number of H-pyrrole nitrogens is 1. The molecule has 2 aliphatic rings. The van der Waals surface area contributed by atoms with E-state index in [1.807, 2.05) is 18.7 Å². The molecule has 0 radical (unpaired) electrons. The molecular formula is C19H26N6O2. The van der Waals surface area contributed by atoms with Crippen LogP contribution >= 0.6 is 0 Å². The van der Waals surface area contributed by atoms with E-state index in [-0.39, 0.29) is 5.91 Å². The molecule has 2 aliphatic heterocycles. The van der Waals surface area contributed by atoms with E-state index in [1.54, 1.807) is 6.33 Å². The Bertz CT molecular complexity index is 808. The van der Waals surface area contributed by atoms with Gasteiger partial charge in [-0.2, -0.15) is 5.10 Å². The van der Waals surface area contributed by atoms with Crippen LogP contribution in [0.4, 0.5) is 5.82 Å². The van der Waals surface area contributed by atoms with Crippen molar-refractivity contribution in [2.45, 2.75) is 39.7 Å². The summed E-state index contributed by atoms with van der Waals surface area (Å²) in [5, 5.41) is 7.20. The highest BCUT2D eigenvalue weighted by Crippen LogP contribution is 2.26. The minimum absolute atomic E-state index is 0.173. The number of morpholine rings is 1. The Morgan fingerprint density at radius 3 is 2.78 bits per heavy atom. The van der Waals surface area contributed by atoms with Crippen molar-refractivity contribution >= 4 is 11.7 Å². The molecule has 4 rings (SSSR count). The van der Waals surface area contributed by atoms with Crippen LogP contribution in [-0.4, -0.2) is 63.8 Å². The van der Waals surface area contributed by atoms with Gasteiger partial charge in [-0.3, -0.25) is 9.89 Å². The number of hydrogen-bond donors (Lipinski definition) is 1. The second-order valence-electron chi connectivity index (χ2n) is 7.20. The minimum Gasteiger partial charge on any atom is -0.378 e. The van der Waals surface area contributed by atoms with Crippen molar-refractivity contribution in [1.29, 1.82) is 0 Å². The number of fused-ring (bicyclic) bond motifs is 1. The number of carbonyl (C=O) groups excluding carboxylic acids is 1. The highest BCUT2D eigenvalue weighted by atomic mass is 16.5. The second kappa shape index (κ2) is 7.64. The van der Waals surface area contributed by atoms with Crippen molar-refractivity contribution in [3.63, 3.8) is 0 Å². The first-order valence-electron chi connectivity index (χ1n) is 9.57. The lowest BCUT2D eigenvalue weighted by molar-refractivity contribution is -0.132. The summed E-state index contributed by atoms with van der Waals surface area (Å²) in [4.78, 5) is 25.9. The van der Waals surface area contributed by atoms with Gasteiger partial charge in [-0.1, -0.05) is 0 Å². The number of carbonyl (C=O) groups is 1. The van der Waals surface area contributed by atoms with Gasteiger partial charge in [0.25, 0.3) is 0 Å². The molecule has 0 unspecified atom stereocenters. The van der Waals surface area contributed by atoms with Gasteiger partial charge in [-0.05, 0) is 32.3 Å². The lowest BCUT2D eigenvalue weighted by atomic mass is 10.0. The van der Waals surface area contributed by atoms with Gasteiger partial charge < -0.3 is 14.5 Å². The van der Waals surface area contributed by atoms with Gasteiger partial charge in [-0.25, -0.2) is 9.97 Å². The van der Waals surface area contributed by atoms with Crippen molar-refractivity contribution < 1.29 is 9.53 Å². The van der Waals surface area contributed by atoms with Crippen LogP contribution in [-0.2, 0) is 28.9 Å². The van der Waals surface area contributed by atoms with E-state index >= 15 is 0 Å². The normalized spacial score (nSPS) is 17.1. The molecule has 2 aromatic rings. The number of aryl methyl sites for hydroxylation is 2. The average molecular weight is 370 g/mol. The van der Waals surface area contributed by atoms with Gasteiger partial charge in [-0.15, -0.1) is 0 Å². The summed E-state index contributed by atoms with van der Waals surface area (Å²) in [5.74, 6) is 1.19. The third-order valence-electron chi connectivity index (χ3n) is 5.52. The molecule has 8 heteroatoms. The number of aromatic nitrogens is 4. The van der Waals surface area contributed by atoms with Gasteiger partial charge >= 0.3 is 0 Å². The maximum atomic E-state index is 12.7. The van der Waals surface area contributed by atoms with Gasteiger partial charge in [0.05, 0.1) is 31.1 Å². The Hall–Kier alpha value is -2.48. The Morgan fingerprint density at radius 2 is 2.04 bits per heavy atom. The molecular weight excluding hydrogens is 344 g/mol. The number of hydrogen-bond acceptors (Lipinski definition) is 6. The standard InChI is InChI=1S/C19H26N6O2/c1-13-15(14(2)23-22-13)3-4-18(26)25-6-5-16-17(11-25)20-12-21-19(16)24-7-9-27-10-8-24/h12H,3-11H2,1-2H3,(H,22,23). The van der Waals surface area contributed by atoms with E-state index in [1.165, 1.54) is 5.56 Å². The fourth-order valence-corrected chi connectivity index (χ4v) is 3.93. The molecule has 0 atom stereocenters. The van der Waals surface area contributed by atoms with E-state index in [2.05, 4.69) is 25.1 Å². The molecule has 0 bridgehead atoms. The molecule has 27 heavy (non-hydrogen) atoms. The number of amides is 1. The molecule has 1 fully saturated rings. The van der Waals surface area contributed by atoms with E-state index in [9.17, 15) is 4.79 Å². The fourth-order valence-electron chi connectivity index (χ4n) is 3.93. The predicted molar refractivity (Wildman–Crippen MR) is 101 cm³/mol. The van der Waals surface area contributed by atoms with Crippen LogP contribution in [0.25, 0.3) is 0 Å². The van der Waals surface area contributed by atoms with Gasteiger partial charge in [0.2, 0.25) is 5.91 Å². The summed E-state index contributed by atoms with van der Waals surface area (Å²) in [5.41, 5.74) is 5.34. The largest absolute Gasteiger partial charge is 0.378 e. The molecule has 0 aromatic carbocycles. The maximum Gasteiger partial charge on any atom is 0.223 e. The fraction of sp³-hybridized carbons (Fsp3) is 0.579. The highest BCUT2D eigenvalue weighted by Gasteiger charge is 2.26. The first kappa shape index (κ1) is 17.9. The number of aromatic amines is 1. The Balaban J connectivity index is 1.43. The summed E-state index contributed by atoms with van der Waals surface area (Å²) in [6.07, 6.45) is 3.64. The van der Waals surface area contributed by atoms with Crippen LogP contribution in [0.5, 0.6) is 0 Å². The van der Waals surface area contributed by atoms with Crippen LogP contribution < -0.4 is 4.90 Å². The van der Waals surface area contributed by atoms with E-state index in [0.29, 0.717) is 13.0 Å². The minimum atomic E-state index is 0.173. The molecule has 4 heterocycles. The van der Waals surface area contributed by atoms with Crippen molar-refractivity contribution in [3.8, 4) is 0 Å². The van der Waals surface area contributed by atoms with E-state index in [4.69, 9.17) is 4.74 Å². The molecule has 2 aromatic heterocycles. The summed E-state index contributed by atoms with van der Waals surface area (Å²) in [7, 11) is 0. The van der Waals surface area contributed by atoms with Gasteiger partial charge in [0, 0.05) is 37.3 Å². The van der Waals surface area contributed by atoms with Gasteiger partial charge in [0.15, 0.2) is 0 Å². The monoisotopic (exact) mass is 370 g/mol. The Labute approximate surface area is 158 Å². The molecule has 0 spiro atoms. The molecule has 144 valence electrons. The van der Waals surface area contributed by atoms with Gasteiger partial charge in [0.1, 0.15) is 12.1 Å². The van der Waals surface area contributed by atoms with Crippen molar-refractivity contribution in [3.05, 3.63) is 34.5 Å². The zero-order valence-corrected chi connectivity index (χ0v) is 16.0. The predicted octanol–water partition coefficient (Wildman–Crippen LogP) is 1.17. The molecule has 8 nitrogen and oxygen atoms in total. The molecule has 1 N–H and O–H groups in total. The number of anilines is 1. The first-order valence-corrected chi connectivity index (χ1v) is 9.57. The average Bonchev–Trinajstić information content (AvgIpc) is 3.03. The third kappa shape index (κ3) is 3.66. The van der Waals surface area contributed by atoms with E-state index < -0.39 is 0 Å². The topological polar surface area (TPSA) is 87.2 Å². The van der Waals surface area contributed by atoms with Crippen LogP contribution in [0.1, 0.15) is 34.6 Å². The third-order valence-corrected chi connectivity index (χ3v) is 5.52. The van der Waals surface area contributed by atoms with Crippen molar-refractivity contribution in [1.82, 2.24) is 25.1 Å². The van der Waals surface area contributed by atoms with Crippen molar-refractivity contribution in [2.75, 3.05) is 37.7 Å². The summed E-state index contributed by atoms with van der Waals surface area (Å²) >= 11 is 0. The quantitative estimate of drug-likeness (QED) is 0.869. The van der Waals surface area contributed by atoms with Crippen LogP contribution in [0.2, 0.25) is 0 Å². The molecule has 0 saturated carbocycles. The Morgan fingerprint density at radius 1 is 1.22 bits per heavy atom. The maximum absolute atomic E-state index is 12.7.